The molecule has 0 aliphatic heterocycles. The van der Waals surface area contributed by atoms with Gasteiger partial charge in [0, 0.05) is 19.2 Å². The highest BCUT2D eigenvalue weighted by Gasteiger charge is 2.33. The van der Waals surface area contributed by atoms with E-state index in [1.807, 2.05) is 29.6 Å². The molecule has 1 amide bonds. The van der Waals surface area contributed by atoms with Crippen LogP contribution in [0.4, 0.5) is 13.2 Å². The minimum absolute atomic E-state index is 0.0851. The number of halogens is 4. The van der Waals surface area contributed by atoms with Crippen molar-refractivity contribution < 1.29 is 18.0 Å². The number of hydrogen-bond donors (Lipinski definition) is 1. The molecule has 0 aliphatic carbocycles. The zero-order chi connectivity index (χ0) is 20.1. The first kappa shape index (κ1) is 20.4. The van der Waals surface area contributed by atoms with E-state index in [0.717, 1.165) is 22.2 Å². The third-order valence-electron chi connectivity index (χ3n) is 4.06. The second kappa shape index (κ2) is 8.75. The molecule has 0 atom stereocenters. The third-order valence-corrected chi connectivity index (χ3v) is 5.29. The maximum absolute atomic E-state index is 12.9. The summed E-state index contributed by atoms with van der Waals surface area (Å²) in [7, 11) is 0. The normalized spacial score (nSPS) is 11.4. The third kappa shape index (κ3) is 5.33. The summed E-state index contributed by atoms with van der Waals surface area (Å²) in [5.41, 5.74) is 1.26. The molecule has 1 N–H and O–H groups in total. The van der Waals surface area contributed by atoms with Crippen LogP contribution in [0.15, 0.2) is 54.0 Å². The smallest absolute Gasteiger partial charge is 0.352 e. The van der Waals surface area contributed by atoms with Crippen LogP contribution in [0, 0.1) is 0 Å². The van der Waals surface area contributed by atoms with Crippen LogP contribution in [-0.2, 0) is 23.9 Å². The van der Waals surface area contributed by atoms with Gasteiger partial charge in [0.1, 0.15) is 0 Å². The number of aromatic nitrogens is 1. The number of rotatable bonds is 6. The molecule has 0 aliphatic rings. The summed E-state index contributed by atoms with van der Waals surface area (Å²) in [6.45, 7) is 0.328. The van der Waals surface area contributed by atoms with E-state index in [0.29, 0.717) is 12.1 Å². The molecule has 8 heteroatoms. The standard InChI is InChI=1S/C20H16ClF3N2OS/c21-16-5-3-13(10-15(16)20(22,23)24)4-6-19(27)26-12-14-7-8-25-17(11-14)18-2-1-9-28-18/h1-3,5,7-11H,4,6,12H2,(H,26,27). The minimum Gasteiger partial charge on any atom is -0.352 e. The molecule has 3 nitrogen and oxygen atoms in total. The van der Waals surface area contributed by atoms with Crippen molar-refractivity contribution >= 4 is 28.8 Å². The Morgan fingerprint density at radius 3 is 2.68 bits per heavy atom. The number of benzene rings is 1. The lowest BCUT2D eigenvalue weighted by Gasteiger charge is -2.11. The van der Waals surface area contributed by atoms with Crippen LogP contribution in [0.25, 0.3) is 10.6 Å². The van der Waals surface area contributed by atoms with Crippen LogP contribution in [0.2, 0.25) is 5.02 Å². The number of carbonyl (C=O) groups excluding carboxylic acids is 1. The molecule has 3 rings (SSSR count). The number of pyridine rings is 1. The van der Waals surface area contributed by atoms with E-state index in [1.165, 1.54) is 12.1 Å². The number of amides is 1. The van der Waals surface area contributed by atoms with Gasteiger partial charge in [-0.05, 0) is 53.3 Å². The Labute approximate surface area is 169 Å². The van der Waals surface area contributed by atoms with Gasteiger partial charge in [-0.25, -0.2) is 0 Å². The van der Waals surface area contributed by atoms with Gasteiger partial charge in [-0.15, -0.1) is 11.3 Å². The summed E-state index contributed by atoms with van der Waals surface area (Å²) in [5, 5.41) is 4.40. The molecule has 28 heavy (non-hydrogen) atoms. The van der Waals surface area contributed by atoms with Crippen molar-refractivity contribution in [2.24, 2.45) is 0 Å². The van der Waals surface area contributed by atoms with E-state index in [9.17, 15) is 18.0 Å². The number of nitrogens with zero attached hydrogens (tertiary/aromatic N) is 1. The Kier molecular flexibility index (Phi) is 6.36. The minimum atomic E-state index is -4.52. The van der Waals surface area contributed by atoms with Gasteiger partial charge in [-0.2, -0.15) is 13.2 Å². The Morgan fingerprint density at radius 1 is 1.14 bits per heavy atom. The number of alkyl halides is 3. The molecule has 3 aromatic rings. The van der Waals surface area contributed by atoms with Crippen molar-refractivity contribution in [1.29, 1.82) is 0 Å². The maximum Gasteiger partial charge on any atom is 0.417 e. The van der Waals surface area contributed by atoms with Crippen LogP contribution in [0.1, 0.15) is 23.1 Å². The molecule has 0 unspecified atom stereocenters. The van der Waals surface area contributed by atoms with Crippen LogP contribution in [0.3, 0.4) is 0 Å². The highest BCUT2D eigenvalue weighted by molar-refractivity contribution is 7.13. The lowest BCUT2D eigenvalue weighted by molar-refractivity contribution is -0.137. The molecule has 0 fully saturated rings. The SMILES string of the molecule is O=C(CCc1ccc(Cl)c(C(F)(F)F)c1)NCc1ccnc(-c2cccs2)c1. The molecule has 2 heterocycles. The average molecular weight is 425 g/mol. The zero-order valence-electron chi connectivity index (χ0n) is 14.6. The molecule has 0 saturated carbocycles. The first-order valence-corrected chi connectivity index (χ1v) is 9.70. The summed E-state index contributed by atoms with van der Waals surface area (Å²) in [4.78, 5) is 17.4. The Balaban J connectivity index is 1.55. The van der Waals surface area contributed by atoms with Gasteiger partial charge in [-0.3, -0.25) is 9.78 Å². The predicted molar refractivity (Wildman–Crippen MR) is 104 cm³/mol. The van der Waals surface area contributed by atoms with Gasteiger partial charge in [0.15, 0.2) is 0 Å². The average Bonchev–Trinajstić information content (AvgIpc) is 3.20. The van der Waals surface area contributed by atoms with Gasteiger partial charge in [-0.1, -0.05) is 23.7 Å². The molecule has 0 radical (unpaired) electrons. The number of aryl methyl sites for hydroxylation is 1. The second-order valence-corrected chi connectivity index (χ2v) is 7.47. The number of nitrogens with one attached hydrogen (secondary N) is 1. The summed E-state index contributed by atoms with van der Waals surface area (Å²) < 4.78 is 38.7. The van der Waals surface area contributed by atoms with Gasteiger partial charge < -0.3 is 5.32 Å². The number of thiophene rings is 1. The molecular weight excluding hydrogens is 409 g/mol. The highest BCUT2D eigenvalue weighted by atomic mass is 35.5. The fourth-order valence-corrected chi connectivity index (χ4v) is 3.55. The highest BCUT2D eigenvalue weighted by Crippen LogP contribution is 2.35. The monoisotopic (exact) mass is 424 g/mol. The summed E-state index contributed by atoms with van der Waals surface area (Å²) in [5.74, 6) is -0.238. The summed E-state index contributed by atoms with van der Waals surface area (Å²) in [6, 6.07) is 11.3. The van der Waals surface area contributed by atoms with Gasteiger partial charge in [0.05, 0.1) is 21.2 Å². The Hall–Kier alpha value is -2.38. The first-order valence-electron chi connectivity index (χ1n) is 8.44. The maximum atomic E-state index is 12.9. The topological polar surface area (TPSA) is 42.0 Å². The summed E-state index contributed by atoms with van der Waals surface area (Å²) >= 11 is 7.19. The lowest BCUT2D eigenvalue weighted by atomic mass is 10.1. The molecule has 146 valence electrons. The van der Waals surface area contributed by atoms with Crippen LogP contribution >= 0.6 is 22.9 Å². The van der Waals surface area contributed by atoms with Gasteiger partial charge in [0.2, 0.25) is 5.91 Å². The van der Waals surface area contributed by atoms with E-state index in [2.05, 4.69) is 10.3 Å². The van der Waals surface area contributed by atoms with Crippen LogP contribution < -0.4 is 5.32 Å². The fourth-order valence-electron chi connectivity index (χ4n) is 2.64. The molecule has 0 bridgehead atoms. The van der Waals surface area contributed by atoms with Gasteiger partial charge in [0.25, 0.3) is 0 Å². The van der Waals surface area contributed by atoms with E-state index in [1.54, 1.807) is 17.5 Å². The van der Waals surface area contributed by atoms with Crippen molar-refractivity contribution in [2.75, 3.05) is 0 Å². The zero-order valence-corrected chi connectivity index (χ0v) is 16.2. The predicted octanol–water partition coefficient (Wildman–Crippen LogP) is 5.73. The number of hydrogen-bond acceptors (Lipinski definition) is 3. The van der Waals surface area contributed by atoms with Crippen LogP contribution in [-0.4, -0.2) is 10.9 Å². The van der Waals surface area contributed by atoms with Crippen molar-refractivity contribution in [3.05, 3.63) is 75.8 Å². The summed E-state index contributed by atoms with van der Waals surface area (Å²) in [6.07, 6.45) is -2.55. The quantitative estimate of drug-likeness (QED) is 0.549. The molecule has 1 aromatic carbocycles. The molecule has 0 spiro atoms. The van der Waals surface area contributed by atoms with Crippen molar-refractivity contribution in [2.45, 2.75) is 25.6 Å². The van der Waals surface area contributed by atoms with Crippen molar-refractivity contribution in [3.8, 4) is 10.6 Å². The van der Waals surface area contributed by atoms with Gasteiger partial charge >= 0.3 is 6.18 Å². The van der Waals surface area contributed by atoms with E-state index < -0.39 is 11.7 Å². The fraction of sp³-hybridized carbons (Fsp3) is 0.200. The Morgan fingerprint density at radius 2 is 1.96 bits per heavy atom. The Bertz CT molecular complexity index is 958. The first-order chi connectivity index (χ1) is 13.3. The van der Waals surface area contributed by atoms with E-state index in [-0.39, 0.29) is 23.8 Å². The molecular formula is C20H16ClF3N2OS. The van der Waals surface area contributed by atoms with Crippen molar-refractivity contribution in [3.63, 3.8) is 0 Å². The van der Waals surface area contributed by atoms with Crippen molar-refractivity contribution in [1.82, 2.24) is 10.3 Å². The van der Waals surface area contributed by atoms with Crippen LogP contribution in [0.5, 0.6) is 0 Å². The lowest BCUT2D eigenvalue weighted by Crippen LogP contribution is -2.23. The second-order valence-electron chi connectivity index (χ2n) is 6.12. The molecule has 2 aromatic heterocycles. The van der Waals surface area contributed by atoms with E-state index >= 15 is 0 Å². The number of carbonyl (C=O) groups is 1. The molecule has 0 saturated heterocycles. The largest absolute Gasteiger partial charge is 0.417 e. The van der Waals surface area contributed by atoms with E-state index in [4.69, 9.17) is 11.6 Å².